The molecule has 0 aromatic heterocycles. The van der Waals surface area contributed by atoms with Crippen LogP contribution in [0.4, 0.5) is 0 Å². The highest BCUT2D eigenvalue weighted by Crippen LogP contribution is 2.16. The van der Waals surface area contributed by atoms with Crippen molar-refractivity contribution in [2.45, 2.75) is 19.4 Å². The second kappa shape index (κ2) is 7.10. The van der Waals surface area contributed by atoms with Crippen LogP contribution in [0, 0.1) is 5.92 Å². The van der Waals surface area contributed by atoms with Gasteiger partial charge in [-0.3, -0.25) is 9.69 Å². The van der Waals surface area contributed by atoms with E-state index in [4.69, 9.17) is 4.74 Å². The molecule has 3 heteroatoms. The van der Waals surface area contributed by atoms with Crippen LogP contribution in [-0.4, -0.2) is 30.5 Å². The van der Waals surface area contributed by atoms with E-state index in [0.717, 1.165) is 25.1 Å². The van der Waals surface area contributed by atoms with Crippen molar-refractivity contribution in [3.05, 3.63) is 48.6 Å². The van der Waals surface area contributed by atoms with Gasteiger partial charge < -0.3 is 4.74 Å². The average Bonchev–Trinajstić information content (AvgIpc) is 2.46. The maximum atomic E-state index is 11.8. The largest absolute Gasteiger partial charge is 0.460 e. The summed E-state index contributed by atoms with van der Waals surface area (Å²) in [6, 6.07) is 9.77. The molecule has 1 heterocycles. The van der Waals surface area contributed by atoms with Crippen molar-refractivity contribution in [1.82, 2.24) is 4.90 Å². The Morgan fingerprint density at radius 3 is 2.95 bits per heavy atom. The predicted octanol–water partition coefficient (Wildman–Crippen LogP) is 2.63. The van der Waals surface area contributed by atoms with Crippen LogP contribution in [0.15, 0.2) is 43.0 Å². The molecular weight excluding hydrogens is 238 g/mol. The molecule has 0 unspecified atom stereocenters. The molecular formula is C16H21NO2. The zero-order chi connectivity index (χ0) is 13.5. The van der Waals surface area contributed by atoms with Gasteiger partial charge in [-0.15, -0.1) is 6.58 Å². The first-order valence-electron chi connectivity index (χ1n) is 6.82. The molecule has 0 amide bonds. The maximum absolute atomic E-state index is 11.8. The lowest BCUT2D eigenvalue weighted by molar-refractivity contribution is -0.146. The number of hydrogen-bond donors (Lipinski definition) is 0. The topological polar surface area (TPSA) is 29.5 Å². The first-order valence-corrected chi connectivity index (χ1v) is 6.82. The maximum Gasteiger partial charge on any atom is 0.320 e. The molecule has 1 aliphatic heterocycles. The smallest absolute Gasteiger partial charge is 0.320 e. The molecule has 0 spiro atoms. The minimum Gasteiger partial charge on any atom is -0.460 e. The van der Waals surface area contributed by atoms with Crippen LogP contribution >= 0.6 is 0 Å². The van der Waals surface area contributed by atoms with Gasteiger partial charge in [-0.2, -0.15) is 0 Å². The van der Waals surface area contributed by atoms with Gasteiger partial charge in [0.25, 0.3) is 0 Å². The lowest BCUT2D eigenvalue weighted by Gasteiger charge is -2.30. The van der Waals surface area contributed by atoms with E-state index in [9.17, 15) is 4.79 Å². The monoisotopic (exact) mass is 259 g/mol. The van der Waals surface area contributed by atoms with Crippen molar-refractivity contribution >= 4 is 5.97 Å². The zero-order valence-electron chi connectivity index (χ0n) is 11.3. The highest BCUT2D eigenvalue weighted by atomic mass is 16.5. The summed E-state index contributed by atoms with van der Waals surface area (Å²) in [5.41, 5.74) is 1.03. The predicted molar refractivity (Wildman–Crippen MR) is 75.6 cm³/mol. The van der Waals surface area contributed by atoms with Crippen molar-refractivity contribution in [2.75, 3.05) is 19.6 Å². The fourth-order valence-corrected chi connectivity index (χ4v) is 2.39. The van der Waals surface area contributed by atoms with Gasteiger partial charge in [-0.25, -0.2) is 0 Å². The van der Waals surface area contributed by atoms with Crippen molar-refractivity contribution in [2.24, 2.45) is 5.92 Å². The van der Waals surface area contributed by atoms with Crippen molar-refractivity contribution < 1.29 is 9.53 Å². The number of carbonyl (C=O) groups is 1. The molecule has 1 aromatic carbocycles. The summed E-state index contributed by atoms with van der Waals surface area (Å²) in [5.74, 6) is 0.365. The van der Waals surface area contributed by atoms with Gasteiger partial charge in [0.1, 0.15) is 6.61 Å². The molecule has 0 aliphatic carbocycles. The Bertz CT molecular complexity index is 416. The lowest BCUT2D eigenvalue weighted by Crippen LogP contribution is -2.38. The first-order chi connectivity index (χ1) is 9.28. The first kappa shape index (κ1) is 13.8. The normalized spacial score (nSPS) is 19.9. The third-order valence-electron chi connectivity index (χ3n) is 3.47. The summed E-state index contributed by atoms with van der Waals surface area (Å²) in [6.07, 6.45) is 4.29. The minimum absolute atomic E-state index is 0.145. The Labute approximate surface area is 114 Å². The van der Waals surface area contributed by atoms with Crippen LogP contribution in [-0.2, 0) is 16.1 Å². The van der Waals surface area contributed by atoms with E-state index in [1.54, 1.807) is 0 Å². The highest BCUT2D eigenvalue weighted by molar-refractivity contribution is 5.71. The van der Waals surface area contributed by atoms with Crippen LogP contribution in [0.1, 0.15) is 18.4 Å². The van der Waals surface area contributed by atoms with Gasteiger partial charge >= 0.3 is 5.97 Å². The van der Waals surface area contributed by atoms with E-state index in [-0.39, 0.29) is 5.97 Å². The van der Waals surface area contributed by atoms with Gasteiger partial charge in [0.15, 0.2) is 0 Å². The second-order valence-corrected chi connectivity index (χ2v) is 5.02. The fraction of sp³-hybridized carbons (Fsp3) is 0.438. The molecule has 1 aromatic rings. The standard InChI is InChI=1S/C16H21NO2/c1-2-14-9-6-10-17(11-14)12-16(18)19-13-15-7-4-3-5-8-15/h2-5,7-8,14H,1,6,9-13H2/t14-/m0/s1. The van der Waals surface area contributed by atoms with Gasteiger partial charge in [0.05, 0.1) is 6.54 Å². The molecule has 3 nitrogen and oxygen atoms in total. The number of nitrogens with zero attached hydrogens (tertiary/aromatic N) is 1. The molecule has 19 heavy (non-hydrogen) atoms. The fourth-order valence-electron chi connectivity index (χ4n) is 2.39. The minimum atomic E-state index is -0.145. The van der Waals surface area contributed by atoms with Gasteiger partial charge in [0, 0.05) is 6.54 Å². The summed E-state index contributed by atoms with van der Waals surface area (Å²) in [4.78, 5) is 13.9. The van der Waals surface area contributed by atoms with Crippen LogP contribution in [0.3, 0.4) is 0 Å². The number of rotatable bonds is 5. The quantitative estimate of drug-likeness (QED) is 0.601. The number of esters is 1. The Balaban J connectivity index is 1.73. The van der Waals surface area contributed by atoms with E-state index in [1.807, 2.05) is 36.4 Å². The number of piperidine rings is 1. The summed E-state index contributed by atoms with van der Waals surface area (Å²) >= 11 is 0. The molecule has 1 atom stereocenters. The highest BCUT2D eigenvalue weighted by Gasteiger charge is 2.19. The van der Waals surface area contributed by atoms with E-state index < -0.39 is 0 Å². The van der Waals surface area contributed by atoms with Crippen molar-refractivity contribution in [1.29, 1.82) is 0 Å². The van der Waals surface area contributed by atoms with E-state index in [1.165, 1.54) is 6.42 Å². The summed E-state index contributed by atoms with van der Waals surface area (Å²) in [7, 11) is 0. The summed E-state index contributed by atoms with van der Waals surface area (Å²) in [6.45, 7) is 6.47. The number of carbonyl (C=O) groups excluding carboxylic acids is 1. The molecule has 0 radical (unpaired) electrons. The molecule has 0 bridgehead atoms. The molecule has 1 saturated heterocycles. The molecule has 0 saturated carbocycles. The lowest BCUT2D eigenvalue weighted by atomic mass is 9.98. The average molecular weight is 259 g/mol. The Morgan fingerprint density at radius 1 is 1.42 bits per heavy atom. The second-order valence-electron chi connectivity index (χ2n) is 5.02. The number of ether oxygens (including phenoxy) is 1. The SMILES string of the molecule is C=C[C@H]1CCCN(CC(=O)OCc2ccccc2)C1. The number of hydrogen-bond acceptors (Lipinski definition) is 3. The molecule has 1 aliphatic rings. The van der Waals surface area contributed by atoms with Crippen LogP contribution in [0.2, 0.25) is 0 Å². The summed E-state index contributed by atoms with van der Waals surface area (Å²) < 4.78 is 5.29. The summed E-state index contributed by atoms with van der Waals surface area (Å²) in [5, 5.41) is 0. The zero-order valence-corrected chi connectivity index (χ0v) is 11.3. The Kier molecular flexibility index (Phi) is 5.16. The molecule has 2 rings (SSSR count). The molecule has 1 fully saturated rings. The van der Waals surface area contributed by atoms with Gasteiger partial charge in [-0.05, 0) is 30.9 Å². The van der Waals surface area contributed by atoms with Crippen molar-refractivity contribution in [3.63, 3.8) is 0 Å². The van der Waals surface area contributed by atoms with Crippen LogP contribution in [0.25, 0.3) is 0 Å². The van der Waals surface area contributed by atoms with Crippen LogP contribution in [0.5, 0.6) is 0 Å². The Morgan fingerprint density at radius 2 is 2.21 bits per heavy atom. The van der Waals surface area contributed by atoms with Crippen molar-refractivity contribution in [3.8, 4) is 0 Å². The van der Waals surface area contributed by atoms with E-state index in [0.29, 0.717) is 19.1 Å². The number of benzene rings is 1. The van der Waals surface area contributed by atoms with Gasteiger partial charge in [0.2, 0.25) is 0 Å². The molecule has 0 N–H and O–H groups in total. The van der Waals surface area contributed by atoms with E-state index in [2.05, 4.69) is 11.5 Å². The van der Waals surface area contributed by atoms with E-state index >= 15 is 0 Å². The third kappa shape index (κ3) is 4.52. The van der Waals surface area contributed by atoms with Gasteiger partial charge in [-0.1, -0.05) is 36.4 Å². The third-order valence-corrected chi connectivity index (χ3v) is 3.47. The van der Waals surface area contributed by atoms with Crippen LogP contribution < -0.4 is 0 Å². The molecule has 102 valence electrons. The Hall–Kier alpha value is -1.61. The number of likely N-dealkylation sites (tertiary alicyclic amines) is 1.